The maximum atomic E-state index is 2.36. The van der Waals surface area contributed by atoms with Crippen LogP contribution in [0.1, 0.15) is 399 Å². The molecule has 0 spiro atoms. The quantitative estimate of drug-likeness (QED) is 0.193. The fourth-order valence-electron chi connectivity index (χ4n) is 10.8. The minimum atomic E-state index is 0.500. The van der Waals surface area contributed by atoms with Gasteiger partial charge in [-0.3, -0.25) is 0 Å². The fraction of sp³-hybridized carbons (Fsp3) is 1.00. The van der Waals surface area contributed by atoms with Crippen molar-refractivity contribution in [2.45, 2.75) is 399 Å². The molecule has 0 aromatic carbocycles. The van der Waals surface area contributed by atoms with Crippen molar-refractivity contribution in [2.24, 2.45) is 99.6 Å². The van der Waals surface area contributed by atoms with Gasteiger partial charge in [0.1, 0.15) is 0 Å². The third-order valence-electron chi connectivity index (χ3n) is 20.9. The fourth-order valence-corrected chi connectivity index (χ4v) is 10.8. The van der Waals surface area contributed by atoms with Gasteiger partial charge in [0.25, 0.3) is 0 Å². The second-order valence-electron chi connectivity index (χ2n) is 31.2. The Morgan fingerprint density at radius 1 is 0.416 bits per heavy atom. The van der Waals surface area contributed by atoms with E-state index in [-0.39, 0.29) is 0 Å². The molecule has 0 saturated heterocycles. The minimum Gasteiger partial charge on any atom is -0.0654 e. The van der Waals surface area contributed by atoms with Crippen LogP contribution in [-0.2, 0) is 0 Å². The van der Waals surface area contributed by atoms with Crippen molar-refractivity contribution >= 4 is 0 Å². The first-order valence-corrected chi connectivity index (χ1v) is 36.0. The second kappa shape index (κ2) is 52.8. The van der Waals surface area contributed by atoms with Gasteiger partial charge in [0.2, 0.25) is 0 Å². The van der Waals surface area contributed by atoms with Crippen molar-refractivity contribution in [3.05, 3.63) is 0 Å². The van der Waals surface area contributed by atoms with E-state index in [2.05, 4.69) is 187 Å². The molecule has 0 radical (unpaired) electrons. The van der Waals surface area contributed by atoms with Gasteiger partial charge in [0.15, 0.2) is 0 Å². The molecule has 0 aliphatic heterocycles. The molecule has 7 rings (SSSR count). The van der Waals surface area contributed by atoms with Gasteiger partial charge < -0.3 is 0 Å². The van der Waals surface area contributed by atoms with E-state index in [0.29, 0.717) is 10.8 Å². The highest BCUT2D eigenvalue weighted by Crippen LogP contribution is 2.36. The van der Waals surface area contributed by atoms with Crippen LogP contribution in [-0.4, -0.2) is 0 Å². The molecule has 7 fully saturated rings. The lowest BCUT2D eigenvalue weighted by Gasteiger charge is -2.28. The molecule has 77 heavy (non-hydrogen) atoms. The average Bonchev–Trinajstić information content (AvgIpc) is 4.18. The van der Waals surface area contributed by atoms with Gasteiger partial charge >= 0.3 is 0 Å². The highest BCUT2D eigenvalue weighted by molar-refractivity contribution is 4.75. The maximum Gasteiger partial charge on any atom is -0.0354 e. The summed E-state index contributed by atoms with van der Waals surface area (Å²) in [6, 6.07) is 0. The minimum absolute atomic E-state index is 0.500. The van der Waals surface area contributed by atoms with Crippen LogP contribution in [0.5, 0.6) is 0 Å². The Kier molecular flexibility index (Phi) is 57.2. The monoisotopic (exact) mass is 1090 g/mol. The number of hydrogen-bond donors (Lipinski definition) is 0. The van der Waals surface area contributed by atoms with Crippen molar-refractivity contribution in [1.82, 2.24) is 0 Å². The Labute approximate surface area is 495 Å². The molecule has 0 N–H and O–H groups in total. The molecular weight excluding hydrogens is 925 g/mol. The zero-order valence-corrected chi connectivity index (χ0v) is 60.0. The summed E-state index contributed by atoms with van der Waals surface area (Å²) < 4.78 is 0. The number of rotatable bonds is 11. The molecule has 0 aromatic heterocycles. The molecule has 5 unspecified atom stereocenters. The highest BCUT2D eigenvalue weighted by Gasteiger charge is 2.22. The zero-order chi connectivity index (χ0) is 60.0. The van der Waals surface area contributed by atoms with Gasteiger partial charge in [-0.15, -0.1) is 0 Å². The van der Waals surface area contributed by atoms with E-state index < -0.39 is 0 Å². The van der Waals surface area contributed by atoms with E-state index >= 15 is 0 Å². The summed E-state index contributed by atoms with van der Waals surface area (Å²) in [5.41, 5.74) is 1.19. The first-order chi connectivity index (χ1) is 36.0. The summed E-state index contributed by atoms with van der Waals surface area (Å²) in [6.45, 7) is 62.0. The van der Waals surface area contributed by atoms with E-state index in [1.807, 2.05) is 0 Å². The van der Waals surface area contributed by atoms with E-state index in [1.54, 1.807) is 0 Å². The summed E-state index contributed by atoms with van der Waals surface area (Å²) in [4.78, 5) is 0. The SMILES string of the molecule is CC(C)C(C)(C)C.CC(C)C1CCC1.CC1(C)CCCC1.CC1CCCCC1.CC1CCC[C@H]1C.CC1CC[C@@H](C)C1.CCC(C)C(C)C.CCC(C)C(C)C.CCC1CCCC1.CCCC(C)CC.CCCC1CCC1. The van der Waals surface area contributed by atoms with Crippen LogP contribution in [0.3, 0.4) is 0 Å². The van der Waals surface area contributed by atoms with Crippen LogP contribution in [0.2, 0.25) is 0 Å². The van der Waals surface area contributed by atoms with Gasteiger partial charge in [0.05, 0.1) is 0 Å². The normalized spacial score (nSPS) is 23.9. The van der Waals surface area contributed by atoms with Crippen molar-refractivity contribution in [3.8, 4) is 0 Å². The lowest BCUT2D eigenvalue weighted by Crippen LogP contribution is -2.16. The molecule has 0 amide bonds. The Morgan fingerprint density at radius 2 is 0.805 bits per heavy atom. The third kappa shape index (κ3) is 55.0. The van der Waals surface area contributed by atoms with E-state index in [0.717, 1.165) is 88.8 Å². The smallest absolute Gasteiger partial charge is 0.0354 e. The third-order valence-corrected chi connectivity index (χ3v) is 20.9. The molecule has 7 aliphatic rings. The van der Waals surface area contributed by atoms with Crippen LogP contribution in [0.15, 0.2) is 0 Å². The van der Waals surface area contributed by atoms with Gasteiger partial charge in [-0.05, 0) is 119 Å². The largest absolute Gasteiger partial charge is 0.0654 e. The molecule has 0 aromatic rings. The standard InChI is InChI=1S/7C7H14.4C7H16/c1-6-3-4-7(2)5-6;1-7(2)5-3-4-6-7;1-6-4-3-5-7(6)2;1-6(2)7-4-3-5-7;1-7-5-3-2-4-6-7;1-2-7-5-3-4-6-7;1-2-4-7-5-3-6-7;1-6(2)7(3,4)5;2*1-5-7(4)6(2)3;1-4-6-7(3)5-2/h6-7H,3-5H2,1-2H3;3-6H2,1-2H3;2*6-7H,3-5H2,1-2H3;3*7H,2-6H2,1H3;6H,1-5H3;2*6-7H,5H2,1-4H3;7H,4-6H2,1-3H3/t6-,7?;;6-,7?;;;;;;;;/m1.1......../s1. The second-order valence-corrected chi connectivity index (χ2v) is 31.2. The first kappa shape index (κ1) is 83.5. The highest BCUT2D eigenvalue weighted by atomic mass is 14.3. The van der Waals surface area contributed by atoms with Crippen LogP contribution in [0.4, 0.5) is 0 Å². The summed E-state index contributed by atoms with van der Waals surface area (Å²) in [7, 11) is 0. The van der Waals surface area contributed by atoms with E-state index in [4.69, 9.17) is 0 Å². The van der Waals surface area contributed by atoms with Crippen molar-refractivity contribution in [1.29, 1.82) is 0 Å². The molecule has 0 nitrogen and oxygen atoms in total. The van der Waals surface area contributed by atoms with Gasteiger partial charge in [0, 0.05) is 0 Å². The molecule has 470 valence electrons. The molecule has 0 heterocycles. The average molecular weight is 1090 g/mol. The van der Waals surface area contributed by atoms with Gasteiger partial charge in [-0.2, -0.15) is 0 Å². The van der Waals surface area contributed by atoms with Crippen LogP contribution < -0.4 is 0 Å². The van der Waals surface area contributed by atoms with E-state index in [1.165, 1.54) is 212 Å². The van der Waals surface area contributed by atoms with Crippen molar-refractivity contribution < 1.29 is 0 Å². The lowest BCUT2D eigenvalue weighted by molar-refractivity contribution is 0.235. The van der Waals surface area contributed by atoms with Crippen LogP contribution in [0, 0.1) is 99.6 Å². The summed E-state index contributed by atoms with van der Waals surface area (Å²) in [5.74, 6) is 14.7. The van der Waals surface area contributed by atoms with Crippen molar-refractivity contribution in [3.63, 3.8) is 0 Å². The summed E-state index contributed by atoms with van der Waals surface area (Å²) in [5, 5.41) is 0. The summed E-state index contributed by atoms with van der Waals surface area (Å²) >= 11 is 0. The Bertz CT molecular complexity index is 1060. The van der Waals surface area contributed by atoms with Crippen LogP contribution in [0.25, 0.3) is 0 Å². The zero-order valence-electron chi connectivity index (χ0n) is 60.0. The molecular formula is C77H162. The predicted octanol–water partition coefficient (Wildman–Crippen LogP) is 28.6. The first-order valence-electron chi connectivity index (χ1n) is 36.0. The van der Waals surface area contributed by atoms with Gasteiger partial charge in [-0.1, -0.05) is 380 Å². The van der Waals surface area contributed by atoms with E-state index in [9.17, 15) is 0 Å². The predicted molar refractivity (Wildman–Crippen MR) is 363 cm³/mol. The Balaban J connectivity index is -0.000000381. The maximum absolute atomic E-state index is 2.36. The van der Waals surface area contributed by atoms with Crippen LogP contribution >= 0.6 is 0 Å². The molecule has 0 bridgehead atoms. The number of hydrogen-bond acceptors (Lipinski definition) is 0. The topological polar surface area (TPSA) is 0 Å². The Morgan fingerprint density at radius 3 is 0.922 bits per heavy atom. The molecule has 7 saturated carbocycles. The van der Waals surface area contributed by atoms with Gasteiger partial charge in [-0.25, -0.2) is 0 Å². The molecule has 0 heteroatoms. The summed E-state index contributed by atoms with van der Waals surface area (Å²) in [6.07, 6.45) is 48.2. The molecule has 7 atom stereocenters. The molecule has 7 aliphatic carbocycles. The Hall–Kier alpha value is 0. The van der Waals surface area contributed by atoms with Crippen molar-refractivity contribution in [2.75, 3.05) is 0 Å². The lowest BCUT2D eigenvalue weighted by atomic mass is 9.78.